The van der Waals surface area contributed by atoms with E-state index in [1.807, 2.05) is 4.57 Å². The third kappa shape index (κ3) is 5.20. The van der Waals surface area contributed by atoms with E-state index in [-0.39, 0.29) is 23.7 Å². The fourth-order valence-electron chi connectivity index (χ4n) is 6.33. The number of rotatable bonds is 8. The van der Waals surface area contributed by atoms with Crippen LogP contribution in [-0.2, 0) is 16.6 Å². The number of hydrogen-bond acceptors (Lipinski definition) is 8. The Labute approximate surface area is 235 Å². The van der Waals surface area contributed by atoms with E-state index in [0.717, 1.165) is 49.1 Å². The van der Waals surface area contributed by atoms with Crippen LogP contribution in [0.1, 0.15) is 77.9 Å². The summed E-state index contributed by atoms with van der Waals surface area (Å²) in [6.45, 7) is 12.0. The number of nitrogens with one attached hydrogen (secondary N) is 1. The molecule has 10 heteroatoms. The van der Waals surface area contributed by atoms with E-state index >= 15 is 0 Å². The largest absolute Gasteiger partial charge is 0.392 e. The third-order valence-corrected chi connectivity index (χ3v) is 8.82. The first-order chi connectivity index (χ1) is 19.1. The summed E-state index contributed by atoms with van der Waals surface area (Å²) < 4.78 is 8.46. The van der Waals surface area contributed by atoms with Gasteiger partial charge >= 0.3 is 0 Å². The number of imidazole rings is 2. The number of H-pyrrole nitrogens is 1. The molecule has 4 aromatic rings. The topological polar surface area (TPSA) is 131 Å². The predicted molar refractivity (Wildman–Crippen MR) is 156 cm³/mol. The van der Waals surface area contributed by atoms with Crippen molar-refractivity contribution < 1.29 is 9.84 Å². The van der Waals surface area contributed by atoms with Crippen LogP contribution in [0.4, 0.5) is 5.82 Å². The summed E-state index contributed by atoms with van der Waals surface area (Å²) in [7, 11) is 0. The molecular weight excluding hydrogens is 504 g/mol. The van der Waals surface area contributed by atoms with Gasteiger partial charge < -0.3 is 20.6 Å². The Hall–Kier alpha value is -3.08. The van der Waals surface area contributed by atoms with E-state index in [1.54, 1.807) is 6.33 Å². The van der Waals surface area contributed by atoms with Crippen molar-refractivity contribution in [2.45, 2.75) is 103 Å². The number of aromatic amines is 1. The maximum Gasteiger partial charge on any atom is 0.167 e. The van der Waals surface area contributed by atoms with E-state index in [2.05, 4.69) is 77.7 Å². The van der Waals surface area contributed by atoms with Crippen molar-refractivity contribution in [2.75, 3.05) is 12.3 Å². The highest BCUT2D eigenvalue weighted by Crippen LogP contribution is 2.38. The molecule has 6 rings (SSSR count). The van der Waals surface area contributed by atoms with E-state index in [0.29, 0.717) is 35.5 Å². The number of nitrogen functional groups attached to an aromatic ring is 1. The van der Waals surface area contributed by atoms with Gasteiger partial charge in [0.2, 0.25) is 0 Å². The lowest BCUT2D eigenvalue weighted by Crippen LogP contribution is -2.53. The number of benzene rings is 1. The van der Waals surface area contributed by atoms with E-state index in [1.165, 1.54) is 11.9 Å². The van der Waals surface area contributed by atoms with Crippen LogP contribution in [0.5, 0.6) is 0 Å². The zero-order valence-corrected chi connectivity index (χ0v) is 24.2. The van der Waals surface area contributed by atoms with Gasteiger partial charge in [-0.1, -0.05) is 26.8 Å². The number of aliphatic hydroxyl groups excluding tert-OH is 1. The second-order valence-corrected chi connectivity index (χ2v) is 13.0. The van der Waals surface area contributed by atoms with Crippen molar-refractivity contribution in [3.8, 4) is 0 Å². The number of ether oxygens (including phenoxy) is 1. The zero-order chi connectivity index (χ0) is 28.2. The summed E-state index contributed by atoms with van der Waals surface area (Å²) in [6.07, 6.45) is 7.30. The van der Waals surface area contributed by atoms with Crippen molar-refractivity contribution in [1.29, 1.82) is 0 Å². The first-order valence-corrected chi connectivity index (χ1v) is 14.6. The molecule has 1 aromatic carbocycles. The van der Waals surface area contributed by atoms with Crippen molar-refractivity contribution in [1.82, 2.24) is 34.4 Å². The minimum absolute atomic E-state index is 0.0873. The van der Waals surface area contributed by atoms with Gasteiger partial charge in [0.25, 0.3) is 0 Å². The van der Waals surface area contributed by atoms with Gasteiger partial charge in [-0.2, -0.15) is 0 Å². The summed E-state index contributed by atoms with van der Waals surface area (Å²) >= 11 is 0. The maximum atomic E-state index is 11.1. The average molecular weight is 547 g/mol. The minimum atomic E-state index is -0.399. The van der Waals surface area contributed by atoms with Gasteiger partial charge in [0.05, 0.1) is 29.6 Å². The number of hydrogen-bond donors (Lipinski definition) is 3. The highest BCUT2D eigenvalue weighted by atomic mass is 16.5. The monoisotopic (exact) mass is 546 g/mol. The smallest absolute Gasteiger partial charge is 0.167 e. The Kier molecular flexibility index (Phi) is 7.04. The molecule has 1 aliphatic carbocycles. The van der Waals surface area contributed by atoms with Crippen LogP contribution in [0.25, 0.3) is 22.2 Å². The summed E-state index contributed by atoms with van der Waals surface area (Å²) in [5.41, 5.74) is 10.7. The third-order valence-electron chi connectivity index (χ3n) is 8.82. The molecule has 3 aromatic heterocycles. The van der Waals surface area contributed by atoms with Crippen molar-refractivity contribution in [3.05, 3.63) is 42.2 Å². The fraction of sp³-hybridized carbons (Fsp3) is 0.600. The lowest BCUT2D eigenvalue weighted by molar-refractivity contribution is -0.0548. The Bertz CT molecular complexity index is 1480. The number of aliphatic hydroxyl groups is 1. The fourth-order valence-corrected chi connectivity index (χ4v) is 6.33. The first-order valence-electron chi connectivity index (χ1n) is 14.6. The zero-order valence-electron chi connectivity index (χ0n) is 24.2. The first kappa shape index (κ1) is 27.1. The number of aromatic nitrogens is 6. The van der Waals surface area contributed by atoms with Gasteiger partial charge in [-0.25, -0.2) is 19.9 Å². The molecule has 1 saturated carbocycles. The molecule has 0 radical (unpaired) electrons. The van der Waals surface area contributed by atoms with Crippen LogP contribution in [-0.4, -0.2) is 70.3 Å². The second kappa shape index (κ2) is 10.4. The highest BCUT2D eigenvalue weighted by molar-refractivity contribution is 5.81. The molecule has 0 bridgehead atoms. The van der Waals surface area contributed by atoms with Gasteiger partial charge in [-0.05, 0) is 68.6 Å². The summed E-state index contributed by atoms with van der Waals surface area (Å²) in [5.74, 6) is 1.53. The molecule has 2 fully saturated rings. The number of anilines is 1. The Balaban J connectivity index is 1.04. The van der Waals surface area contributed by atoms with Crippen molar-refractivity contribution in [3.63, 3.8) is 0 Å². The standard InChI is InChI=1S/C30H42N8O2/c1-17(2)37(14-21-7-9-26(40-21)38-16-34-27-28(31)32-15-33-29(27)38)20-10-18(11-20)24(39)13-25-35-22-8-6-19(30(3,4)5)12-23(22)36-25/h6,8,12,15-18,20-21,24,26,39H,7,9-11,13-14H2,1-5H3,(H,35,36)(H2,31,32,33)/t18?,20?,21?,24?,26-/m1/s1. The number of fused-ring (bicyclic) bond motifs is 2. The van der Waals surface area contributed by atoms with Crippen molar-refractivity contribution >= 4 is 28.0 Å². The molecule has 3 atom stereocenters. The molecule has 1 saturated heterocycles. The van der Waals surface area contributed by atoms with Crippen LogP contribution >= 0.6 is 0 Å². The van der Waals surface area contributed by atoms with Gasteiger partial charge in [0, 0.05) is 25.0 Å². The lowest BCUT2D eigenvalue weighted by atomic mass is 9.74. The van der Waals surface area contributed by atoms with E-state index < -0.39 is 6.10 Å². The van der Waals surface area contributed by atoms with Crippen LogP contribution in [0.2, 0.25) is 0 Å². The highest BCUT2D eigenvalue weighted by Gasteiger charge is 2.40. The summed E-state index contributed by atoms with van der Waals surface area (Å²) in [5, 5.41) is 11.1. The summed E-state index contributed by atoms with van der Waals surface area (Å²) in [6, 6.07) is 7.27. The molecule has 4 N–H and O–H groups in total. The molecule has 4 heterocycles. The summed E-state index contributed by atoms with van der Waals surface area (Å²) in [4.78, 5) is 23.6. The van der Waals surface area contributed by atoms with Gasteiger partial charge in [-0.3, -0.25) is 9.47 Å². The van der Waals surface area contributed by atoms with E-state index in [9.17, 15) is 5.11 Å². The van der Waals surface area contributed by atoms with Crippen molar-refractivity contribution in [2.24, 2.45) is 5.92 Å². The maximum absolute atomic E-state index is 11.1. The number of nitrogens with two attached hydrogens (primary N) is 1. The Morgan fingerprint density at radius 2 is 1.98 bits per heavy atom. The van der Waals surface area contributed by atoms with Crippen LogP contribution in [0.3, 0.4) is 0 Å². The molecule has 0 amide bonds. The molecule has 2 aliphatic rings. The van der Waals surface area contributed by atoms with Gasteiger partial charge in [0.15, 0.2) is 11.5 Å². The normalized spacial score (nSPS) is 24.4. The molecule has 214 valence electrons. The number of nitrogens with zero attached hydrogens (tertiary/aromatic N) is 6. The molecule has 10 nitrogen and oxygen atoms in total. The lowest BCUT2D eigenvalue weighted by Gasteiger charge is -2.47. The molecule has 0 spiro atoms. The second-order valence-electron chi connectivity index (χ2n) is 13.0. The Morgan fingerprint density at radius 3 is 2.73 bits per heavy atom. The quantitative estimate of drug-likeness (QED) is 0.297. The van der Waals surface area contributed by atoms with Gasteiger partial charge in [0.1, 0.15) is 23.9 Å². The van der Waals surface area contributed by atoms with Crippen LogP contribution < -0.4 is 5.73 Å². The van der Waals surface area contributed by atoms with Gasteiger partial charge in [-0.15, -0.1) is 0 Å². The van der Waals surface area contributed by atoms with E-state index in [4.69, 9.17) is 15.5 Å². The molecular formula is C30H42N8O2. The molecule has 1 aliphatic heterocycles. The Morgan fingerprint density at radius 1 is 1.18 bits per heavy atom. The van der Waals surface area contributed by atoms with Crippen LogP contribution in [0.15, 0.2) is 30.9 Å². The van der Waals surface area contributed by atoms with Crippen LogP contribution in [0, 0.1) is 5.92 Å². The minimum Gasteiger partial charge on any atom is -0.392 e. The predicted octanol–water partition coefficient (Wildman–Crippen LogP) is 4.35. The molecule has 40 heavy (non-hydrogen) atoms. The SMILES string of the molecule is CC(C)N(CC1CC[C@H](n2cnc3c(N)ncnc32)O1)C1CC(C(O)Cc2nc3ccc(C(C)(C)C)cc3[nH]2)C1. The average Bonchev–Trinajstić information content (AvgIpc) is 3.59. The molecule has 2 unspecified atom stereocenters.